The van der Waals surface area contributed by atoms with E-state index >= 15 is 0 Å². The van der Waals surface area contributed by atoms with Gasteiger partial charge < -0.3 is 14.7 Å². The number of rotatable bonds is 8. The summed E-state index contributed by atoms with van der Waals surface area (Å²) in [6.07, 6.45) is 2.74. The maximum atomic E-state index is 12.9. The van der Waals surface area contributed by atoms with E-state index in [0.717, 1.165) is 42.1 Å². The van der Waals surface area contributed by atoms with E-state index in [2.05, 4.69) is 5.10 Å². The maximum Gasteiger partial charge on any atom is 0.303 e. The molecule has 2 heterocycles. The second-order valence-electron chi connectivity index (χ2n) is 7.48. The minimum absolute atomic E-state index is 0.00469. The molecule has 0 radical (unpaired) electrons. The standard InChI is InChI=1S/C22H29N3O4/c1-4-24(14-19-6-5-13-29-19)22(28)17-7-9-18(10-8-17)25-16(3)20(15(2)23-25)11-12-21(26)27/h7-10,19H,4-6,11-14H2,1-3H3,(H,26,27). The molecule has 1 atom stereocenters. The SMILES string of the molecule is CCN(CC1CCCO1)C(=O)c1ccc(-n2nc(C)c(CCC(=O)O)c2C)cc1. The number of ether oxygens (including phenoxy) is 1. The molecular weight excluding hydrogens is 370 g/mol. The van der Waals surface area contributed by atoms with Gasteiger partial charge in [0, 0.05) is 37.4 Å². The van der Waals surface area contributed by atoms with E-state index in [1.165, 1.54) is 0 Å². The molecule has 1 amide bonds. The van der Waals surface area contributed by atoms with Gasteiger partial charge in [-0.25, -0.2) is 4.68 Å². The molecule has 1 saturated heterocycles. The third-order valence-electron chi connectivity index (χ3n) is 5.51. The van der Waals surface area contributed by atoms with Gasteiger partial charge in [0.1, 0.15) is 0 Å². The summed E-state index contributed by atoms with van der Waals surface area (Å²) in [5.41, 5.74) is 4.21. The molecule has 0 bridgehead atoms. The van der Waals surface area contributed by atoms with Crippen LogP contribution in [0.1, 0.15) is 53.5 Å². The first-order chi connectivity index (χ1) is 13.9. The largest absolute Gasteiger partial charge is 0.481 e. The lowest BCUT2D eigenvalue weighted by Gasteiger charge is -2.24. The Hall–Kier alpha value is -2.67. The Labute approximate surface area is 171 Å². The highest BCUT2D eigenvalue weighted by Gasteiger charge is 2.22. The smallest absolute Gasteiger partial charge is 0.303 e. The van der Waals surface area contributed by atoms with Crippen LogP contribution in [0.3, 0.4) is 0 Å². The number of carbonyl (C=O) groups excluding carboxylic acids is 1. The van der Waals surface area contributed by atoms with E-state index in [0.29, 0.717) is 25.1 Å². The number of nitrogens with zero attached hydrogens (tertiary/aromatic N) is 3. The lowest BCUT2D eigenvalue weighted by Crippen LogP contribution is -2.37. The number of aromatic nitrogens is 2. The molecule has 1 aliphatic rings. The molecule has 1 aromatic heterocycles. The van der Waals surface area contributed by atoms with Gasteiger partial charge in [0.2, 0.25) is 0 Å². The molecule has 0 saturated carbocycles. The van der Waals surface area contributed by atoms with Gasteiger partial charge in [0.15, 0.2) is 0 Å². The summed E-state index contributed by atoms with van der Waals surface area (Å²) in [5, 5.41) is 13.5. The van der Waals surface area contributed by atoms with Crippen molar-refractivity contribution in [3.63, 3.8) is 0 Å². The highest BCUT2D eigenvalue weighted by molar-refractivity contribution is 5.94. The molecule has 1 N–H and O–H groups in total. The van der Waals surface area contributed by atoms with Crippen LogP contribution in [0.25, 0.3) is 5.69 Å². The van der Waals surface area contributed by atoms with E-state index < -0.39 is 5.97 Å². The fraction of sp³-hybridized carbons (Fsp3) is 0.500. The summed E-state index contributed by atoms with van der Waals surface area (Å²) >= 11 is 0. The van der Waals surface area contributed by atoms with E-state index in [9.17, 15) is 9.59 Å². The van der Waals surface area contributed by atoms with Gasteiger partial charge in [-0.15, -0.1) is 0 Å². The Morgan fingerprint density at radius 2 is 2.00 bits per heavy atom. The zero-order valence-electron chi connectivity index (χ0n) is 17.4. The van der Waals surface area contributed by atoms with E-state index in [-0.39, 0.29) is 18.4 Å². The second-order valence-corrected chi connectivity index (χ2v) is 7.48. The van der Waals surface area contributed by atoms with Gasteiger partial charge in [0.05, 0.1) is 17.5 Å². The van der Waals surface area contributed by atoms with Crippen LogP contribution in [0, 0.1) is 13.8 Å². The first-order valence-corrected chi connectivity index (χ1v) is 10.2. The molecule has 7 heteroatoms. The van der Waals surface area contributed by atoms with Crippen molar-refractivity contribution in [1.29, 1.82) is 0 Å². The molecular formula is C22H29N3O4. The van der Waals surface area contributed by atoms with Crippen molar-refractivity contribution < 1.29 is 19.4 Å². The van der Waals surface area contributed by atoms with Crippen LogP contribution in [0.2, 0.25) is 0 Å². The quantitative estimate of drug-likeness (QED) is 0.737. The summed E-state index contributed by atoms with van der Waals surface area (Å²) in [6.45, 7) is 7.86. The molecule has 1 aliphatic heterocycles. The van der Waals surface area contributed by atoms with Crippen LogP contribution in [0.5, 0.6) is 0 Å². The number of carbonyl (C=O) groups is 2. The zero-order chi connectivity index (χ0) is 21.0. The Balaban J connectivity index is 1.75. The third-order valence-corrected chi connectivity index (χ3v) is 5.51. The maximum absolute atomic E-state index is 12.9. The van der Waals surface area contributed by atoms with Gasteiger partial charge in [-0.1, -0.05) is 0 Å². The first kappa shape index (κ1) is 21.0. The van der Waals surface area contributed by atoms with Crippen molar-refractivity contribution >= 4 is 11.9 Å². The van der Waals surface area contributed by atoms with E-state index in [1.54, 1.807) is 0 Å². The number of aliphatic carboxylic acids is 1. The third kappa shape index (κ3) is 4.85. The van der Waals surface area contributed by atoms with E-state index in [4.69, 9.17) is 9.84 Å². The Morgan fingerprint density at radius 1 is 1.28 bits per heavy atom. The highest BCUT2D eigenvalue weighted by Crippen LogP contribution is 2.21. The lowest BCUT2D eigenvalue weighted by atomic mass is 10.1. The monoisotopic (exact) mass is 399 g/mol. The number of hydrogen-bond acceptors (Lipinski definition) is 4. The molecule has 1 aromatic carbocycles. The minimum Gasteiger partial charge on any atom is -0.481 e. The molecule has 3 rings (SSSR count). The fourth-order valence-corrected chi connectivity index (χ4v) is 3.84. The van der Waals surface area contributed by atoms with Crippen LogP contribution in [-0.2, 0) is 16.0 Å². The van der Waals surface area contributed by atoms with Gasteiger partial charge in [-0.05, 0) is 69.9 Å². The van der Waals surface area contributed by atoms with Crippen LogP contribution in [0.15, 0.2) is 24.3 Å². The first-order valence-electron chi connectivity index (χ1n) is 10.2. The van der Waals surface area contributed by atoms with Gasteiger partial charge in [0.25, 0.3) is 5.91 Å². The molecule has 29 heavy (non-hydrogen) atoms. The highest BCUT2D eigenvalue weighted by atomic mass is 16.5. The van der Waals surface area contributed by atoms with Crippen LogP contribution < -0.4 is 0 Å². The predicted octanol–water partition coefficient (Wildman–Crippen LogP) is 3.15. The Kier molecular flexibility index (Phi) is 6.69. The number of likely N-dealkylation sites (N-methyl/N-ethyl adjacent to an activating group) is 1. The second kappa shape index (κ2) is 9.22. The number of hydrogen-bond donors (Lipinski definition) is 1. The van der Waals surface area contributed by atoms with E-state index in [1.807, 2.05) is 54.6 Å². The Morgan fingerprint density at radius 3 is 2.59 bits per heavy atom. The molecule has 1 fully saturated rings. The number of amides is 1. The molecule has 0 spiro atoms. The van der Waals surface area contributed by atoms with Crippen molar-refractivity contribution in [1.82, 2.24) is 14.7 Å². The van der Waals surface area contributed by atoms with Crippen molar-refractivity contribution in [3.05, 3.63) is 46.8 Å². The van der Waals surface area contributed by atoms with Gasteiger partial charge in [-0.2, -0.15) is 5.10 Å². The van der Waals surface area contributed by atoms with Gasteiger partial charge >= 0.3 is 5.97 Å². The number of aryl methyl sites for hydroxylation is 1. The molecule has 0 aliphatic carbocycles. The minimum atomic E-state index is -0.817. The van der Waals surface area contributed by atoms with Crippen molar-refractivity contribution in [2.75, 3.05) is 19.7 Å². The van der Waals surface area contributed by atoms with Crippen LogP contribution in [0.4, 0.5) is 0 Å². The van der Waals surface area contributed by atoms with Crippen LogP contribution in [-0.4, -0.2) is 57.5 Å². The average Bonchev–Trinajstić information content (AvgIpc) is 3.32. The number of carboxylic acid groups (broad SMARTS) is 1. The lowest BCUT2D eigenvalue weighted by molar-refractivity contribution is -0.136. The fourth-order valence-electron chi connectivity index (χ4n) is 3.84. The molecule has 1 unspecified atom stereocenters. The normalized spacial score (nSPS) is 16.2. The van der Waals surface area contributed by atoms with Crippen molar-refractivity contribution in [2.24, 2.45) is 0 Å². The average molecular weight is 399 g/mol. The van der Waals surface area contributed by atoms with Crippen LogP contribution >= 0.6 is 0 Å². The summed E-state index contributed by atoms with van der Waals surface area (Å²) in [4.78, 5) is 25.6. The summed E-state index contributed by atoms with van der Waals surface area (Å²) in [6, 6.07) is 7.41. The van der Waals surface area contributed by atoms with Gasteiger partial charge in [-0.3, -0.25) is 9.59 Å². The summed E-state index contributed by atoms with van der Waals surface area (Å²) < 4.78 is 7.48. The summed E-state index contributed by atoms with van der Waals surface area (Å²) in [5.74, 6) is -0.812. The topological polar surface area (TPSA) is 84.7 Å². The predicted molar refractivity (Wildman–Crippen MR) is 110 cm³/mol. The number of benzene rings is 1. The number of carboxylic acids is 1. The molecule has 2 aromatic rings. The molecule has 7 nitrogen and oxygen atoms in total. The van der Waals surface area contributed by atoms with Crippen molar-refractivity contribution in [3.8, 4) is 5.69 Å². The zero-order valence-corrected chi connectivity index (χ0v) is 17.4. The Bertz CT molecular complexity index is 867. The summed E-state index contributed by atoms with van der Waals surface area (Å²) in [7, 11) is 0. The molecule has 156 valence electrons. The van der Waals surface area contributed by atoms with Crippen molar-refractivity contribution in [2.45, 2.75) is 52.6 Å².